The van der Waals surface area contributed by atoms with Crippen LogP contribution in [0.1, 0.15) is 27.7 Å². The molecule has 1 heterocycles. The maximum atomic E-state index is 12.0. The molecule has 0 fully saturated rings. The first-order chi connectivity index (χ1) is 10.8. The van der Waals surface area contributed by atoms with E-state index >= 15 is 0 Å². The van der Waals surface area contributed by atoms with Gasteiger partial charge in [0.2, 0.25) is 11.8 Å². The summed E-state index contributed by atoms with van der Waals surface area (Å²) < 4.78 is 0. The number of rotatable bonds is 4. The van der Waals surface area contributed by atoms with E-state index in [1.165, 1.54) is 0 Å². The third-order valence-electron chi connectivity index (χ3n) is 3.16. The number of benzene rings is 1. The molecule has 23 heavy (non-hydrogen) atoms. The van der Waals surface area contributed by atoms with Crippen LogP contribution in [0, 0.1) is 11.8 Å². The van der Waals surface area contributed by atoms with Crippen molar-refractivity contribution in [1.82, 2.24) is 9.97 Å². The SMILES string of the molecule is CC(C)C(=O)Nc1nc2ccc(Cl)cc2nc1NC(=O)C(C)C. The van der Waals surface area contributed by atoms with Crippen molar-refractivity contribution in [2.75, 3.05) is 10.6 Å². The highest BCUT2D eigenvalue weighted by molar-refractivity contribution is 6.31. The van der Waals surface area contributed by atoms with Crippen molar-refractivity contribution in [2.24, 2.45) is 11.8 Å². The van der Waals surface area contributed by atoms with Gasteiger partial charge in [-0.25, -0.2) is 9.97 Å². The predicted octanol–water partition coefficient (Wildman–Crippen LogP) is 3.47. The zero-order valence-corrected chi connectivity index (χ0v) is 14.2. The van der Waals surface area contributed by atoms with Gasteiger partial charge in [0.1, 0.15) is 0 Å². The Labute approximate surface area is 139 Å². The molecule has 0 atom stereocenters. The van der Waals surface area contributed by atoms with E-state index in [9.17, 15) is 9.59 Å². The van der Waals surface area contributed by atoms with E-state index < -0.39 is 0 Å². The summed E-state index contributed by atoms with van der Waals surface area (Å²) in [5, 5.41) is 5.92. The van der Waals surface area contributed by atoms with Crippen LogP contribution in [0.25, 0.3) is 11.0 Å². The van der Waals surface area contributed by atoms with Gasteiger partial charge in [0.05, 0.1) is 11.0 Å². The highest BCUT2D eigenvalue weighted by Crippen LogP contribution is 2.24. The molecule has 0 aliphatic carbocycles. The van der Waals surface area contributed by atoms with Crippen LogP contribution in [-0.2, 0) is 9.59 Å². The van der Waals surface area contributed by atoms with Crippen molar-refractivity contribution in [3.05, 3.63) is 23.2 Å². The number of fused-ring (bicyclic) bond motifs is 1. The molecule has 6 nitrogen and oxygen atoms in total. The molecular formula is C16H19ClN4O2. The number of carbonyl (C=O) groups is 2. The van der Waals surface area contributed by atoms with Gasteiger partial charge in [0, 0.05) is 16.9 Å². The van der Waals surface area contributed by atoms with Gasteiger partial charge in [-0.3, -0.25) is 9.59 Å². The lowest BCUT2D eigenvalue weighted by Gasteiger charge is -2.14. The highest BCUT2D eigenvalue weighted by Gasteiger charge is 2.17. The molecule has 0 unspecified atom stereocenters. The van der Waals surface area contributed by atoms with Crippen molar-refractivity contribution in [1.29, 1.82) is 0 Å². The normalized spacial score (nSPS) is 11.1. The third kappa shape index (κ3) is 4.16. The number of halogens is 1. The van der Waals surface area contributed by atoms with Gasteiger partial charge in [0.15, 0.2) is 11.6 Å². The summed E-state index contributed by atoms with van der Waals surface area (Å²) in [5.41, 5.74) is 1.12. The average molecular weight is 335 g/mol. The minimum atomic E-state index is -0.222. The maximum absolute atomic E-state index is 12.0. The van der Waals surface area contributed by atoms with Crippen LogP contribution in [0.2, 0.25) is 5.02 Å². The van der Waals surface area contributed by atoms with Gasteiger partial charge in [-0.1, -0.05) is 39.3 Å². The van der Waals surface area contributed by atoms with Gasteiger partial charge < -0.3 is 10.6 Å². The van der Waals surface area contributed by atoms with E-state index in [2.05, 4.69) is 20.6 Å². The van der Waals surface area contributed by atoms with Gasteiger partial charge in [-0.2, -0.15) is 0 Å². The fraction of sp³-hybridized carbons (Fsp3) is 0.375. The van der Waals surface area contributed by atoms with Crippen molar-refractivity contribution >= 4 is 46.1 Å². The highest BCUT2D eigenvalue weighted by atomic mass is 35.5. The van der Waals surface area contributed by atoms with Crippen molar-refractivity contribution < 1.29 is 9.59 Å². The number of anilines is 2. The lowest BCUT2D eigenvalue weighted by Crippen LogP contribution is -2.23. The fourth-order valence-corrected chi connectivity index (χ4v) is 1.89. The largest absolute Gasteiger partial charge is 0.307 e. The smallest absolute Gasteiger partial charge is 0.228 e. The second kappa shape index (κ2) is 6.91. The molecule has 1 aromatic heterocycles. The van der Waals surface area contributed by atoms with Gasteiger partial charge in [-0.15, -0.1) is 0 Å². The van der Waals surface area contributed by atoms with Crippen LogP contribution >= 0.6 is 11.6 Å². The van der Waals surface area contributed by atoms with Gasteiger partial charge in [-0.05, 0) is 18.2 Å². The van der Waals surface area contributed by atoms with E-state index in [1.54, 1.807) is 45.9 Å². The maximum Gasteiger partial charge on any atom is 0.228 e. The molecule has 122 valence electrons. The van der Waals surface area contributed by atoms with Crippen LogP contribution < -0.4 is 10.6 Å². The second-order valence-electron chi connectivity index (χ2n) is 5.84. The van der Waals surface area contributed by atoms with Crippen LogP contribution in [0.15, 0.2) is 18.2 Å². The minimum Gasteiger partial charge on any atom is -0.307 e. The Balaban J connectivity index is 2.49. The molecule has 0 bridgehead atoms. The summed E-state index contributed by atoms with van der Waals surface area (Å²) in [7, 11) is 0. The van der Waals surface area contributed by atoms with Crippen LogP contribution in [0.5, 0.6) is 0 Å². The molecule has 0 saturated heterocycles. The Morgan fingerprint density at radius 3 is 1.87 bits per heavy atom. The first-order valence-corrected chi connectivity index (χ1v) is 7.74. The molecule has 0 radical (unpaired) electrons. The fourth-order valence-electron chi connectivity index (χ4n) is 1.72. The molecular weight excluding hydrogens is 316 g/mol. The first-order valence-electron chi connectivity index (χ1n) is 7.37. The zero-order valence-electron chi connectivity index (χ0n) is 13.5. The van der Waals surface area contributed by atoms with Crippen LogP contribution in [0.4, 0.5) is 11.6 Å². The van der Waals surface area contributed by atoms with E-state index in [0.717, 1.165) is 0 Å². The standard InChI is InChI=1S/C16H19ClN4O2/c1-8(2)15(22)20-13-14(21-16(23)9(3)4)19-12-7-10(17)5-6-11(12)18-13/h5-9H,1-4H3,(H,18,20,22)(H,19,21,23). The number of amides is 2. The summed E-state index contributed by atoms with van der Waals surface area (Å²) in [6, 6.07) is 5.06. The molecule has 1 aromatic carbocycles. The summed E-state index contributed by atoms with van der Waals surface area (Å²) in [6.45, 7) is 7.09. The molecule has 7 heteroatoms. The number of hydrogen-bond donors (Lipinski definition) is 2. The van der Waals surface area contributed by atoms with E-state index in [-0.39, 0.29) is 35.3 Å². The Morgan fingerprint density at radius 2 is 1.39 bits per heavy atom. The quantitative estimate of drug-likeness (QED) is 0.896. The molecule has 2 aromatic rings. The summed E-state index contributed by atoms with van der Waals surface area (Å²) in [6.07, 6.45) is 0. The monoisotopic (exact) mass is 334 g/mol. The molecule has 0 aliphatic heterocycles. The molecule has 0 saturated carbocycles. The lowest BCUT2D eigenvalue weighted by atomic mass is 10.2. The predicted molar refractivity (Wildman–Crippen MR) is 91.5 cm³/mol. The zero-order chi connectivity index (χ0) is 17.1. The number of aromatic nitrogens is 2. The summed E-state index contributed by atoms with van der Waals surface area (Å²) in [5.74, 6) is -0.403. The summed E-state index contributed by atoms with van der Waals surface area (Å²) >= 11 is 5.97. The average Bonchev–Trinajstić information content (AvgIpc) is 2.47. The molecule has 2 N–H and O–H groups in total. The number of nitrogens with one attached hydrogen (secondary N) is 2. The summed E-state index contributed by atoms with van der Waals surface area (Å²) in [4.78, 5) is 32.7. The molecule has 2 rings (SSSR count). The van der Waals surface area contributed by atoms with Crippen molar-refractivity contribution in [2.45, 2.75) is 27.7 Å². The molecule has 0 spiro atoms. The lowest BCUT2D eigenvalue weighted by molar-refractivity contribution is -0.119. The van der Waals surface area contributed by atoms with Gasteiger partial charge >= 0.3 is 0 Å². The van der Waals surface area contributed by atoms with Crippen LogP contribution in [-0.4, -0.2) is 21.8 Å². The Morgan fingerprint density at radius 1 is 0.913 bits per heavy atom. The van der Waals surface area contributed by atoms with E-state index in [0.29, 0.717) is 16.1 Å². The van der Waals surface area contributed by atoms with Crippen molar-refractivity contribution in [3.63, 3.8) is 0 Å². The number of nitrogens with zero attached hydrogens (tertiary/aromatic N) is 2. The Kier molecular flexibility index (Phi) is 5.15. The van der Waals surface area contributed by atoms with E-state index in [4.69, 9.17) is 11.6 Å². The molecule has 0 aliphatic rings. The Bertz CT molecular complexity index is 759. The van der Waals surface area contributed by atoms with Crippen LogP contribution in [0.3, 0.4) is 0 Å². The second-order valence-corrected chi connectivity index (χ2v) is 6.28. The third-order valence-corrected chi connectivity index (χ3v) is 3.39. The minimum absolute atomic E-state index is 0.201. The van der Waals surface area contributed by atoms with E-state index in [1.807, 2.05) is 0 Å². The first kappa shape index (κ1) is 17.1. The van der Waals surface area contributed by atoms with Gasteiger partial charge in [0.25, 0.3) is 0 Å². The van der Waals surface area contributed by atoms with Crippen molar-refractivity contribution in [3.8, 4) is 0 Å². The topological polar surface area (TPSA) is 84.0 Å². The number of hydrogen-bond acceptors (Lipinski definition) is 4. The number of carbonyl (C=O) groups excluding carboxylic acids is 2. The molecule has 2 amide bonds. The Hall–Kier alpha value is -2.21.